The van der Waals surface area contributed by atoms with Gasteiger partial charge in [-0.3, -0.25) is 10.1 Å². The van der Waals surface area contributed by atoms with E-state index in [0.29, 0.717) is 22.5 Å². The molecule has 0 unspecified atom stereocenters. The van der Waals surface area contributed by atoms with E-state index in [0.717, 1.165) is 33.2 Å². The first-order chi connectivity index (χ1) is 12.1. The van der Waals surface area contributed by atoms with Gasteiger partial charge in [0.25, 0.3) is 5.91 Å². The number of carbonyl (C=O) groups excluding carboxylic acids is 1. The van der Waals surface area contributed by atoms with Crippen LogP contribution in [0.15, 0.2) is 30.3 Å². The first-order valence-electron chi connectivity index (χ1n) is 8.09. The summed E-state index contributed by atoms with van der Waals surface area (Å²) < 4.78 is 5.76. The molecule has 1 aliphatic rings. The molecule has 0 aliphatic carbocycles. The molecule has 0 bridgehead atoms. The standard InChI is InChI=1S/C18H17N3O2S2/c1-10(2)7-15-20-21-18(25-15)19-17(22)14-8-11-9-23-13-6-4-3-5-12(13)16(11)24-14/h3-6,8,10H,7,9H2,1-2H3,(H,19,21,22). The first-order valence-corrected chi connectivity index (χ1v) is 9.72. The Balaban J connectivity index is 1.54. The molecule has 3 aromatic rings. The Bertz CT molecular complexity index is 930. The van der Waals surface area contributed by atoms with Crippen LogP contribution >= 0.6 is 22.7 Å². The van der Waals surface area contributed by atoms with Gasteiger partial charge < -0.3 is 4.74 Å². The average Bonchev–Trinajstić information content (AvgIpc) is 3.21. The highest BCUT2D eigenvalue weighted by Gasteiger charge is 2.23. The van der Waals surface area contributed by atoms with Crippen LogP contribution in [0.5, 0.6) is 5.75 Å². The van der Waals surface area contributed by atoms with E-state index in [1.54, 1.807) is 0 Å². The SMILES string of the molecule is CC(C)Cc1nnc(NC(=O)c2cc3c(s2)-c2ccccc2OC3)s1. The van der Waals surface area contributed by atoms with Gasteiger partial charge in [0, 0.05) is 22.4 Å². The van der Waals surface area contributed by atoms with Crippen LogP contribution in [-0.2, 0) is 13.0 Å². The van der Waals surface area contributed by atoms with Crippen molar-refractivity contribution in [2.45, 2.75) is 26.9 Å². The second kappa shape index (κ2) is 6.57. The van der Waals surface area contributed by atoms with E-state index in [1.807, 2.05) is 30.3 Å². The molecular formula is C18H17N3O2S2. The number of para-hydroxylation sites is 1. The number of nitrogens with one attached hydrogen (secondary N) is 1. The Kier molecular flexibility index (Phi) is 4.27. The van der Waals surface area contributed by atoms with Gasteiger partial charge in [0.1, 0.15) is 17.4 Å². The molecule has 3 heterocycles. The molecule has 4 rings (SSSR count). The van der Waals surface area contributed by atoms with Gasteiger partial charge in [-0.15, -0.1) is 21.5 Å². The number of nitrogens with zero attached hydrogens (tertiary/aromatic N) is 2. The van der Waals surface area contributed by atoms with Crippen molar-refractivity contribution in [2.75, 3.05) is 5.32 Å². The Morgan fingerprint density at radius 1 is 1.28 bits per heavy atom. The van der Waals surface area contributed by atoms with Crippen LogP contribution in [-0.4, -0.2) is 16.1 Å². The molecule has 1 amide bonds. The molecule has 7 heteroatoms. The van der Waals surface area contributed by atoms with Crippen molar-refractivity contribution >= 4 is 33.7 Å². The lowest BCUT2D eigenvalue weighted by atomic mass is 10.1. The zero-order valence-corrected chi connectivity index (χ0v) is 15.5. The van der Waals surface area contributed by atoms with Crippen LogP contribution < -0.4 is 10.1 Å². The average molecular weight is 371 g/mol. The number of hydrogen-bond acceptors (Lipinski definition) is 6. The summed E-state index contributed by atoms with van der Waals surface area (Å²) in [4.78, 5) is 14.3. The third kappa shape index (κ3) is 3.29. The summed E-state index contributed by atoms with van der Waals surface area (Å²) in [6, 6.07) is 9.81. The number of anilines is 1. The van der Waals surface area contributed by atoms with Crippen molar-refractivity contribution in [1.29, 1.82) is 0 Å². The number of hydrogen-bond donors (Lipinski definition) is 1. The van der Waals surface area contributed by atoms with E-state index in [9.17, 15) is 4.79 Å². The summed E-state index contributed by atoms with van der Waals surface area (Å²) in [6.07, 6.45) is 0.870. The first kappa shape index (κ1) is 16.2. The fourth-order valence-corrected chi connectivity index (χ4v) is 4.75. The number of carbonyl (C=O) groups is 1. The smallest absolute Gasteiger partial charge is 0.267 e. The number of fused-ring (bicyclic) bond motifs is 3. The molecule has 1 aliphatic heterocycles. The number of rotatable bonds is 4. The molecule has 25 heavy (non-hydrogen) atoms. The predicted molar refractivity (Wildman–Crippen MR) is 100 cm³/mol. The monoisotopic (exact) mass is 371 g/mol. The van der Waals surface area contributed by atoms with E-state index in [4.69, 9.17) is 4.74 Å². The van der Waals surface area contributed by atoms with E-state index in [2.05, 4.69) is 29.4 Å². The fourth-order valence-electron chi connectivity index (χ4n) is 2.71. The number of benzene rings is 1. The zero-order chi connectivity index (χ0) is 17.4. The summed E-state index contributed by atoms with van der Waals surface area (Å²) in [6.45, 7) is 4.76. The lowest BCUT2D eigenvalue weighted by Crippen LogP contribution is -2.09. The predicted octanol–water partition coefficient (Wildman–Crippen LogP) is 4.61. The molecule has 0 atom stereocenters. The van der Waals surface area contributed by atoms with Crippen molar-refractivity contribution in [2.24, 2.45) is 5.92 Å². The molecule has 1 N–H and O–H groups in total. The second-order valence-corrected chi connectivity index (χ2v) is 8.42. The Morgan fingerprint density at radius 3 is 2.96 bits per heavy atom. The van der Waals surface area contributed by atoms with Gasteiger partial charge in [-0.05, 0) is 24.1 Å². The Morgan fingerprint density at radius 2 is 2.12 bits per heavy atom. The topological polar surface area (TPSA) is 64.1 Å². The third-order valence-corrected chi connectivity index (χ3v) is 5.89. The van der Waals surface area contributed by atoms with Gasteiger partial charge in [0.05, 0.1) is 4.88 Å². The normalized spacial score (nSPS) is 12.4. The van der Waals surface area contributed by atoms with Crippen LogP contribution in [0.4, 0.5) is 5.13 Å². The van der Waals surface area contributed by atoms with E-state index in [1.165, 1.54) is 22.7 Å². The Labute approximate surface area is 153 Å². The van der Waals surface area contributed by atoms with Crippen LogP contribution in [0.25, 0.3) is 10.4 Å². The number of aromatic nitrogens is 2. The molecule has 0 spiro atoms. The molecule has 5 nitrogen and oxygen atoms in total. The summed E-state index contributed by atoms with van der Waals surface area (Å²) in [5.41, 5.74) is 2.09. The number of thiophene rings is 1. The largest absolute Gasteiger partial charge is 0.488 e. The van der Waals surface area contributed by atoms with Crippen molar-refractivity contribution in [1.82, 2.24) is 10.2 Å². The highest BCUT2D eigenvalue weighted by molar-refractivity contribution is 7.18. The molecule has 0 saturated carbocycles. The Hall–Kier alpha value is -2.25. The molecule has 128 valence electrons. The van der Waals surface area contributed by atoms with Gasteiger partial charge in [-0.2, -0.15) is 0 Å². The minimum absolute atomic E-state index is 0.149. The fraction of sp³-hybridized carbons (Fsp3) is 0.278. The second-order valence-electron chi connectivity index (χ2n) is 6.30. The summed E-state index contributed by atoms with van der Waals surface area (Å²) >= 11 is 2.92. The van der Waals surface area contributed by atoms with Gasteiger partial charge in [-0.25, -0.2) is 0 Å². The molecule has 1 aromatic carbocycles. The van der Waals surface area contributed by atoms with E-state index < -0.39 is 0 Å². The lowest BCUT2D eigenvalue weighted by molar-refractivity contribution is 0.103. The summed E-state index contributed by atoms with van der Waals surface area (Å²) in [5.74, 6) is 1.23. The summed E-state index contributed by atoms with van der Waals surface area (Å²) in [5, 5.41) is 12.6. The lowest BCUT2D eigenvalue weighted by Gasteiger charge is -2.16. The molecule has 0 fully saturated rings. The van der Waals surface area contributed by atoms with E-state index in [-0.39, 0.29) is 5.91 Å². The minimum atomic E-state index is -0.149. The third-order valence-electron chi connectivity index (χ3n) is 3.82. The van der Waals surface area contributed by atoms with Crippen LogP contribution in [0.3, 0.4) is 0 Å². The van der Waals surface area contributed by atoms with Gasteiger partial charge >= 0.3 is 0 Å². The van der Waals surface area contributed by atoms with Gasteiger partial charge in [0.15, 0.2) is 0 Å². The van der Waals surface area contributed by atoms with Crippen molar-refractivity contribution in [3.05, 3.63) is 45.8 Å². The molecule has 0 saturated heterocycles. The quantitative estimate of drug-likeness (QED) is 0.727. The summed E-state index contributed by atoms with van der Waals surface area (Å²) in [7, 11) is 0. The number of ether oxygens (including phenoxy) is 1. The van der Waals surface area contributed by atoms with Crippen LogP contribution in [0, 0.1) is 5.92 Å². The minimum Gasteiger partial charge on any atom is -0.488 e. The molecule has 0 radical (unpaired) electrons. The number of amides is 1. The zero-order valence-electron chi connectivity index (χ0n) is 13.9. The maximum atomic E-state index is 12.6. The van der Waals surface area contributed by atoms with Crippen molar-refractivity contribution in [3.8, 4) is 16.2 Å². The highest BCUT2D eigenvalue weighted by Crippen LogP contribution is 2.42. The van der Waals surface area contributed by atoms with Crippen molar-refractivity contribution < 1.29 is 9.53 Å². The van der Waals surface area contributed by atoms with Gasteiger partial charge in [-0.1, -0.05) is 37.3 Å². The maximum Gasteiger partial charge on any atom is 0.267 e. The van der Waals surface area contributed by atoms with Crippen LogP contribution in [0.2, 0.25) is 0 Å². The van der Waals surface area contributed by atoms with E-state index >= 15 is 0 Å². The van der Waals surface area contributed by atoms with Crippen LogP contribution in [0.1, 0.15) is 34.1 Å². The molecule has 2 aromatic heterocycles. The maximum absolute atomic E-state index is 12.6. The van der Waals surface area contributed by atoms with Crippen molar-refractivity contribution in [3.63, 3.8) is 0 Å². The molecular weight excluding hydrogens is 354 g/mol. The highest BCUT2D eigenvalue weighted by atomic mass is 32.1. The van der Waals surface area contributed by atoms with Gasteiger partial charge in [0.2, 0.25) is 5.13 Å².